The summed E-state index contributed by atoms with van der Waals surface area (Å²) in [6.45, 7) is 0. The van der Waals surface area contributed by atoms with E-state index in [2.05, 4.69) is 5.32 Å². The summed E-state index contributed by atoms with van der Waals surface area (Å²) in [6.07, 6.45) is -0.631. The third-order valence-corrected chi connectivity index (χ3v) is 5.05. The molecule has 3 unspecified atom stereocenters. The fraction of sp³-hybridized carbons (Fsp3) is 0.188. The zero-order chi connectivity index (χ0) is 16.3. The Morgan fingerprint density at radius 1 is 1.17 bits per heavy atom. The van der Waals surface area contributed by atoms with Crippen LogP contribution in [0.3, 0.4) is 0 Å². The maximum atomic E-state index is 11.7. The van der Waals surface area contributed by atoms with Crippen molar-refractivity contribution in [1.29, 1.82) is 0 Å². The van der Waals surface area contributed by atoms with Gasteiger partial charge in [0, 0.05) is 26.9 Å². The number of nitrogens with one attached hydrogen (secondary N) is 1. The van der Waals surface area contributed by atoms with Crippen LogP contribution in [0, 0.1) is 0 Å². The van der Waals surface area contributed by atoms with Gasteiger partial charge in [-0.3, -0.25) is 0 Å². The standard InChI is InChI=1S/C16H10Cl3NO3/c17-6-4-9(19)12-10(5-6)20-13(16(21)22)15-11(12)7-2-1-3-8(18)14(7)23-15/h1-5,11,13,15,20H,(H,21,22). The van der Waals surface area contributed by atoms with Crippen LogP contribution < -0.4 is 10.1 Å². The van der Waals surface area contributed by atoms with Crippen LogP contribution in [0.1, 0.15) is 17.0 Å². The van der Waals surface area contributed by atoms with Gasteiger partial charge in [0.1, 0.15) is 11.9 Å². The van der Waals surface area contributed by atoms with E-state index in [-0.39, 0.29) is 5.92 Å². The lowest BCUT2D eigenvalue weighted by Crippen LogP contribution is -2.48. The Balaban J connectivity index is 1.98. The van der Waals surface area contributed by atoms with Crippen molar-refractivity contribution >= 4 is 46.5 Å². The van der Waals surface area contributed by atoms with Gasteiger partial charge in [-0.25, -0.2) is 4.79 Å². The van der Waals surface area contributed by atoms with E-state index in [1.165, 1.54) is 0 Å². The normalized spacial score (nSPS) is 24.0. The number of ether oxygens (including phenoxy) is 1. The molecule has 23 heavy (non-hydrogen) atoms. The van der Waals surface area contributed by atoms with Gasteiger partial charge in [-0.05, 0) is 18.2 Å². The Labute approximate surface area is 146 Å². The molecule has 0 bridgehead atoms. The number of anilines is 1. The van der Waals surface area contributed by atoms with E-state index >= 15 is 0 Å². The lowest BCUT2D eigenvalue weighted by molar-refractivity contribution is -0.140. The van der Waals surface area contributed by atoms with E-state index in [9.17, 15) is 9.90 Å². The predicted octanol–water partition coefficient (Wildman–Crippen LogP) is 4.42. The van der Waals surface area contributed by atoms with Gasteiger partial charge in [-0.15, -0.1) is 0 Å². The molecule has 0 saturated carbocycles. The highest BCUT2D eigenvalue weighted by Crippen LogP contribution is 2.53. The highest BCUT2D eigenvalue weighted by molar-refractivity contribution is 6.36. The first kappa shape index (κ1) is 14.9. The van der Waals surface area contributed by atoms with Crippen LogP contribution in [0.4, 0.5) is 5.69 Å². The maximum Gasteiger partial charge on any atom is 0.330 e. The summed E-state index contributed by atoms with van der Waals surface area (Å²) in [6, 6.07) is 7.80. The van der Waals surface area contributed by atoms with Crippen molar-refractivity contribution in [1.82, 2.24) is 0 Å². The summed E-state index contributed by atoms with van der Waals surface area (Å²) in [4.78, 5) is 11.7. The average Bonchev–Trinajstić information content (AvgIpc) is 2.86. The summed E-state index contributed by atoms with van der Waals surface area (Å²) in [5.41, 5.74) is 2.22. The number of benzene rings is 2. The monoisotopic (exact) mass is 369 g/mol. The minimum absolute atomic E-state index is 0.314. The first-order chi connectivity index (χ1) is 11.0. The third-order valence-electron chi connectivity index (χ3n) is 4.23. The molecule has 2 aliphatic rings. The molecule has 4 rings (SSSR count). The molecule has 2 heterocycles. The summed E-state index contributed by atoms with van der Waals surface area (Å²) in [7, 11) is 0. The molecular formula is C16H10Cl3NO3. The van der Waals surface area contributed by atoms with Crippen LogP contribution in [0.2, 0.25) is 15.1 Å². The Kier molecular flexibility index (Phi) is 3.38. The first-order valence-corrected chi connectivity index (χ1v) is 8.04. The SMILES string of the molecule is O=C(O)C1Nc2cc(Cl)cc(Cl)c2C2c3cccc(Cl)c3OC12. The zero-order valence-corrected chi connectivity index (χ0v) is 13.8. The smallest absolute Gasteiger partial charge is 0.330 e. The van der Waals surface area contributed by atoms with Crippen molar-refractivity contribution in [2.24, 2.45) is 0 Å². The first-order valence-electron chi connectivity index (χ1n) is 6.90. The Hall–Kier alpha value is -1.62. The molecule has 0 aliphatic carbocycles. The molecule has 3 atom stereocenters. The molecule has 0 spiro atoms. The van der Waals surface area contributed by atoms with E-state index in [4.69, 9.17) is 39.5 Å². The van der Waals surface area contributed by atoms with Crippen molar-refractivity contribution in [3.63, 3.8) is 0 Å². The van der Waals surface area contributed by atoms with Crippen LogP contribution in [0.5, 0.6) is 5.75 Å². The van der Waals surface area contributed by atoms with Crippen molar-refractivity contribution in [3.05, 3.63) is 56.5 Å². The van der Waals surface area contributed by atoms with E-state index in [0.29, 0.717) is 26.5 Å². The molecule has 0 amide bonds. The number of para-hydroxylation sites is 1. The summed E-state index contributed by atoms with van der Waals surface area (Å²) in [5.74, 6) is -0.812. The van der Waals surface area contributed by atoms with Gasteiger partial charge in [-0.1, -0.05) is 46.9 Å². The molecule has 2 N–H and O–H groups in total. The Morgan fingerprint density at radius 2 is 1.96 bits per heavy atom. The van der Waals surface area contributed by atoms with Gasteiger partial charge in [0.2, 0.25) is 0 Å². The number of hydrogen-bond donors (Lipinski definition) is 2. The highest BCUT2D eigenvalue weighted by Gasteiger charge is 2.49. The molecule has 0 saturated heterocycles. The topological polar surface area (TPSA) is 58.6 Å². The van der Waals surface area contributed by atoms with Gasteiger partial charge in [0.15, 0.2) is 6.04 Å². The van der Waals surface area contributed by atoms with Crippen molar-refractivity contribution in [3.8, 4) is 5.75 Å². The fourth-order valence-electron chi connectivity index (χ4n) is 3.33. The lowest BCUT2D eigenvalue weighted by atomic mass is 9.81. The number of carbonyl (C=O) groups is 1. The number of rotatable bonds is 1. The predicted molar refractivity (Wildman–Crippen MR) is 89.2 cm³/mol. The molecule has 0 aromatic heterocycles. The number of hydrogen-bond acceptors (Lipinski definition) is 3. The van der Waals surface area contributed by atoms with Gasteiger partial charge in [0.05, 0.1) is 10.9 Å². The number of halogens is 3. The minimum atomic E-state index is -1.01. The number of aliphatic carboxylic acids is 1. The molecule has 118 valence electrons. The van der Waals surface area contributed by atoms with Crippen LogP contribution >= 0.6 is 34.8 Å². The second-order valence-corrected chi connectivity index (χ2v) is 6.78. The largest absolute Gasteiger partial charge is 0.485 e. The zero-order valence-electron chi connectivity index (χ0n) is 11.5. The van der Waals surface area contributed by atoms with E-state index in [1.807, 2.05) is 12.1 Å². The summed E-state index contributed by atoms with van der Waals surface area (Å²) >= 11 is 18.6. The quantitative estimate of drug-likeness (QED) is 0.780. The van der Waals surface area contributed by atoms with Crippen LogP contribution in [0.25, 0.3) is 0 Å². The van der Waals surface area contributed by atoms with Gasteiger partial charge < -0.3 is 15.2 Å². The minimum Gasteiger partial charge on any atom is -0.485 e. The molecule has 0 radical (unpaired) electrons. The number of fused-ring (bicyclic) bond motifs is 5. The van der Waals surface area contributed by atoms with Crippen LogP contribution in [-0.4, -0.2) is 23.2 Å². The second kappa shape index (κ2) is 5.20. The molecule has 0 fully saturated rings. The van der Waals surface area contributed by atoms with Crippen LogP contribution in [-0.2, 0) is 4.79 Å². The molecular weight excluding hydrogens is 361 g/mol. The lowest BCUT2D eigenvalue weighted by Gasteiger charge is -2.34. The molecule has 2 aromatic rings. The highest BCUT2D eigenvalue weighted by atomic mass is 35.5. The molecule has 4 nitrogen and oxygen atoms in total. The third kappa shape index (κ3) is 2.17. The molecule has 2 aliphatic heterocycles. The van der Waals surface area contributed by atoms with E-state index in [0.717, 1.165) is 11.1 Å². The van der Waals surface area contributed by atoms with E-state index < -0.39 is 18.1 Å². The van der Waals surface area contributed by atoms with Crippen LogP contribution in [0.15, 0.2) is 30.3 Å². The summed E-state index contributed by atoms with van der Waals surface area (Å²) < 4.78 is 5.89. The maximum absolute atomic E-state index is 11.7. The number of carboxylic acid groups (broad SMARTS) is 1. The van der Waals surface area contributed by atoms with E-state index in [1.54, 1.807) is 18.2 Å². The fourth-order valence-corrected chi connectivity index (χ4v) is 4.17. The summed E-state index contributed by atoms with van der Waals surface area (Å²) in [5, 5.41) is 13.9. The van der Waals surface area contributed by atoms with Crippen molar-refractivity contribution < 1.29 is 14.6 Å². The molecule has 7 heteroatoms. The Morgan fingerprint density at radius 3 is 2.70 bits per heavy atom. The Bertz CT molecular complexity index is 840. The van der Waals surface area contributed by atoms with Gasteiger partial charge >= 0.3 is 5.97 Å². The second-order valence-electron chi connectivity index (χ2n) is 5.53. The number of carboxylic acids is 1. The van der Waals surface area contributed by atoms with Crippen molar-refractivity contribution in [2.75, 3.05) is 5.32 Å². The molecule has 2 aromatic carbocycles. The van der Waals surface area contributed by atoms with Gasteiger partial charge in [0.25, 0.3) is 0 Å². The van der Waals surface area contributed by atoms with Gasteiger partial charge in [-0.2, -0.15) is 0 Å². The van der Waals surface area contributed by atoms with Crippen molar-refractivity contribution in [2.45, 2.75) is 18.1 Å². The average molecular weight is 371 g/mol.